The molecule has 2 aromatic rings. The van der Waals surface area contributed by atoms with Crippen LogP contribution in [0.2, 0.25) is 5.02 Å². The van der Waals surface area contributed by atoms with E-state index in [0.29, 0.717) is 31.2 Å². The van der Waals surface area contributed by atoms with Gasteiger partial charge in [0.25, 0.3) is 0 Å². The summed E-state index contributed by atoms with van der Waals surface area (Å²) in [6, 6.07) is 11.4. The molecule has 0 bridgehead atoms. The van der Waals surface area contributed by atoms with Crippen LogP contribution in [0.25, 0.3) is 11.3 Å². The Morgan fingerprint density at radius 1 is 1.00 bits per heavy atom. The highest BCUT2D eigenvalue weighted by molar-refractivity contribution is 6.33. The van der Waals surface area contributed by atoms with Gasteiger partial charge in [0.15, 0.2) is 5.82 Å². The minimum atomic E-state index is -0.164. The highest BCUT2D eigenvalue weighted by Gasteiger charge is 2.24. The van der Waals surface area contributed by atoms with Crippen LogP contribution in [0.1, 0.15) is 20.3 Å². The van der Waals surface area contributed by atoms with Crippen LogP contribution >= 0.6 is 11.6 Å². The van der Waals surface area contributed by atoms with Gasteiger partial charge < -0.3 is 24.3 Å². The van der Waals surface area contributed by atoms with E-state index in [-0.39, 0.29) is 25.0 Å². The van der Waals surface area contributed by atoms with Crippen LogP contribution in [0, 0.1) is 0 Å². The van der Waals surface area contributed by atoms with E-state index in [1.807, 2.05) is 41.3 Å². The Morgan fingerprint density at radius 2 is 1.78 bits per heavy atom. The Kier molecular flexibility index (Phi) is 10.9. The van der Waals surface area contributed by atoms with Gasteiger partial charge >= 0.3 is 0 Å². The smallest absolute Gasteiger partial charge is 0.249 e. The Balaban J connectivity index is 1.59. The summed E-state index contributed by atoms with van der Waals surface area (Å²) in [5.74, 6) is 0.570. The molecule has 1 aliphatic heterocycles. The van der Waals surface area contributed by atoms with Gasteiger partial charge in [0, 0.05) is 51.9 Å². The quantitative estimate of drug-likeness (QED) is 0.454. The van der Waals surface area contributed by atoms with Gasteiger partial charge in [0.2, 0.25) is 11.8 Å². The molecule has 196 valence electrons. The van der Waals surface area contributed by atoms with E-state index in [0.717, 1.165) is 49.7 Å². The van der Waals surface area contributed by atoms with Crippen molar-refractivity contribution in [3.8, 4) is 11.3 Å². The van der Waals surface area contributed by atoms with Crippen molar-refractivity contribution in [1.29, 1.82) is 0 Å². The molecule has 0 N–H and O–H groups in total. The maximum atomic E-state index is 13.1. The number of halogens is 1. The lowest BCUT2D eigenvalue weighted by Crippen LogP contribution is -2.47. The summed E-state index contributed by atoms with van der Waals surface area (Å²) < 4.78 is 5.04. The van der Waals surface area contributed by atoms with E-state index >= 15 is 0 Å². The van der Waals surface area contributed by atoms with E-state index in [9.17, 15) is 9.59 Å². The third kappa shape index (κ3) is 7.62. The van der Waals surface area contributed by atoms with Gasteiger partial charge in [0.05, 0.1) is 17.3 Å². The van der Waals surface area contributed by atoms with Gasteiger partial charge in [0.1, 0.15) is 6.61 Å². The maximum Gasteiger partial charge on any atom is 0.249 e. The van der Waals surface area contributed by atoms with Crippen LogP contribution in [0.4, 0.5) is 5.82 Å². The minimum absolute atomic E-state index is 0.0256. The number of hydrogen-bond donors (Lipinski definition) is 0. The van der Waals surface area contributed by atoms with Gasteiger partial charge in [-0.2, -0.15) is 0 Å². The summed E-state index contributed by atoms with van der Waals surface area (Å²) in [7, 11) is 1.50. The Morgan fingerprint density at radius 3 is 2.44 bits per heavy atom. The predicted octanol–water partition coefficient (Wildman–Crippen LogP) is 2.65. The molecule has 10 heteroatoms. The third-order valence-corrected chi connectivity index (χ3v) is 6.83. The van der Waals surface area contributed by atoms with Crippen molar-refractivity contribution < 1.29 is 14.3 Å². The first kappa shape index (κ1) is 27.8. The number of likely N-dealkylation sites (N-methyl/N-ethyl adjacent to an activating group) is 1. The summed E-state index contributed by atoms with van der Waals surface area (Å²) >= 11 is 6.29. The highest BCUT2D eigenvalue weighted by Crippen LogP contribution is 2.26. The van der Waals surface area contributed by atoms with Gasteiger partial charge in [-0.3, -0.25) is 9.59 Å². The molecule has 2 amide bonds. The number of rotatable bonds is 11. The number of aromatic nitrogens is 2. The third-order valence-electron chi connectivity index (χ3n) is 6.50. The molecule has 3 rings (SSSR count). The molecule has 1 fully saturated rings. The minimum Gasteiger partial charge on any atom is -0.375 e. The first-order valence-electron chi connectivity index (χ1n) is 12.6. The average molecular weight is 517 g/mol. The Labute approximate surface area is 219 Å². The lowest BCUT2D eigenvalue weighted by atomic mass is 10.1. The zero-order valence-corrected chi connectivity index (χ0v) is 22.3. The first-order chi connectivity index (χ1) is 17.5. The average Bonchev–Trinajstić information content (AvgIpc) is 3.15. The molecule has 0 aliphatic carbocycles. The number of carbonyl (C=O) groups excluding carboxylic acids is 2. The number of carbonyl (C=O) groups is 2. The van der Waals surface area contributed by atoms with E-state index < -0.39 is 0 Å². The molecule has 0 unspecified atom stereocenters. The van der Waals surface area contributed by atoms with E-state index in [4.69, 9.17) is 16.3 Å². The molecule has 1 aromatic carbocycles. The lowest BCUT2D eigenvalue weighted by Gasteiger charge is -2.29. The maximum absolute atomic E-state index is 13.1. The number of benzene rings is 1. The monoisotopic (exact) mass is 516 g/mol. The van der Waals surface area contributed by atoms with Crippen molar-refractivity contribution in [2.24, 2.45) is 0 Å². The lowest BCUT2D eigenvalue weighted by molar-refractivity contribution is -0.142. The summed E-state index contributed by atoms with van der Waals surface area (Å²) in [5, 5.41) is 9.44. The van der Waals surface area contributed by atoms with Crippen LogP contribution in [0.3, 0.4) is 0 Å². The van der Waals surface area contributed by atoms with E-state index in [1.165, 1.54) is 7.11 Å². The Bertz CT molecular complexity index is 986. The fraction of sp³-hybridized carbons (Fsp3) is 0.538. The fourth-order valence-electron chi connectivity index (χ4n) is 4.27. The molecule has 1 saturated heterocycles. The molecule has 0 atom stereocenters. The van der Waals surface area contributed by atoms with Crippen molar-refractivity contribution in [1.82, 2.24) is 24.9 Å². The number of methoxy groups -OCH3 is 1. The van der Waals surface area contributed by atoms with Crippen molar-refractivity contribution in [2.45, 2.75) is 20.3 Å². The predicted molar refractivity (Wildman–Crippen MR) is 142 cm³/mol. The van der Waals surface area contributed by atoms with Gasteiger partial charge in [-0.15, -0.1) is 10.2 Å². The zero-order valence-electron chi connectivity index (χ0n) is 21.5. The largest absolute Gasteiger partial charge is 0.375 e. The van der Waals surface area contributed by atoms with Crippen LogP contribution in [-0.4, -0.2) is 109 Å². The molecule has 1 aliphatic rings. The first-order valence-corrected chi connectivity index (χ1v) is 12.9. The van der Waals surface area contributed by atoms with Crippen LogP contribution < -0.4 is 4.90 Å². The normalized spacial score (nSPS) is 14.1. The molecule has 0 saturated carbocycles. The van der Waals surface area contributed by atoms with Crippen molar-refractivity contribution in [3.63, 3.8) is 0 Å². The van der Waals surface area contributed by atoms with Gasteiger partial charge in [-0.05, 0) is 37.7 Å². The fourth-order valence-corrected chi connectivity index (χ4v) is 4.51. The molecular weight excluding hydrogens is 480 g/mol. The summed E-state index contributed by atoms with van der Waals surface area (Å²) in [4.78, 5) is 33.6. The Hall–Kier alpha value is -2.75. The molecule has 9 nitrogen and oxygen atoms in total. The van der Waals surface area contributed by atoms with Crippen molar-refractivity contribution >= 4 is 29.2 Å². The topological polar surface area (TPSA) is 82.1 Å². The van der Waals surface area contributed by atoms with Gasteiger partial charge in [-0.1, -0.05) is 43.6 Å². The number of ether oxygens (including phenoxy) is 1. The van der Waals surface area contributed by atoms with E-state index in [2.05, 4.69) is 33.8 Å². The number of anilines is 1. The molecule has 0 radical (unpaired) electrons. The van der Waals surface area contributed by atoms with Crippen molar-refractivity contribution in [3.05, 3.63) is 41.4 Å². The number of nitrogens with zero attached hydrogens (tertiary/aromatic N) is 6. The SMILES string of the molecule is CCN(CC)CCN(CC(=O)N1CCCN(c2ccc(-c3ccccc3Cl)nn2)CC1)C(=O)COC. The van der Waals surface area contributed by atoms with Crippen molar-refractivity contribution in [2.75, 3.05) is 77.5 Å². The second-order valence-corrected chi connectivity index (χ2v) is 9.16. The zero-order chi connectivity index (χ0) is 25.9. The second-order valence-electron chi connectivity index (χ2n) is 8.75. The number of hydrogen-bond acceptors (Lipinski definition) is 7. The highest BCUT2D eigenvalue weighted by atomic mass is 35.5. The van der Waals surface area contributed by atoms with Crippen LogP contribution in [0.15, 0.2) is 36.4 Å². The summed E-state index contributed by atoms with van der Waals surface area (Å²) in [6.45, 7) is 9.89. The molecule has 2 heterocycles. The standard InChI is InChI=1S/C26H37ClN6O3/c1-4-30(5-2)15-16-33(26(35)20-36-3)19-25(34)32-14-8-13-31(17-18-32)24-12-11-23(28-29-24)21-9-6-7-10-22(21)27/h6-7,9-12H,4-5,8,13-20H2,1-3H3. The molecule has 1 aromatic heterocycles. The summed E-state index contributed by atoms with van der Waals surface area (Å²) in [6.07, 6.45) is 0.811. The van der Waals surface area contributed by atoms with Crippen LogP contribution in [0.5, 0.6) is 0 Å². The summed E-state index contributed by atoms with van der Waals surface area (Å²) in [5.41, 5.74) is 1.57. The molecular formula is C26H37ClN6O3. The van der Waals surface area contributed by atoms with Gasteiger partial charge in [-0.25, -0.2) is 0 Å². The molecule has 0 spiro atoms. The van der Waals surface area contributed by atoms with E-state index in [1.54, 1.807) is 4.90 Å². The molecule has 36 heavy (non-hydrogen) atoms. The van der Waals surface area contributed by atoms with Crippen LogP contribution in [-0.2, 0) is 14.3 Å². The number of amides is 2. The second kappa shape index (κ2) is 14.1.